The summed E-state index contributed by atoms with van der Waals surface area (Å²) in [5, 5.41) is 0. The normalized spacial score (nSPS) is 0. The van der Waals surface area contributed by atoms with Crippen molar-refractivity contribution in [3.8, 4) is 0 Å². The van der Waals surface area contributed by atoms with E-state index >= 15 is 0 Å². The summed E-state index contributed by atoms with van der Waals surface area (Å²) in [6.07, 6.45) is 0. The molecular weight excluding hydrogens is 389 g/mol. The summed E-state index contributed by atoms with van der Waals surface area (Å²) in [5.74, 6) is 0. The van der Waals surface area contributed by atoms with Crippen molar-refractivity contribution in [2.24, 2.45) is 0 Å². The Balaban J connectivity index is 0. The van der Waals surface area contributed by atoms with Crippen LogP contribution in [0.2, 0.25) is 0 Å². The number of hydrogen-bond donors (Lipinski definition) is 0. The molecule has 13 heteroatoms. The van der Waals surface area contributed by atoms with Crippen LogP contribution in [0.4, 0.5) is 0 Å². The molecule has 0 aliphatic heterocycles. The average molecular weight is 401 g/mol. The Morgan fingerprint density at radius 1 is 0.308 bits per heavy atom. The van der Waals surface area contributed by atoms with Crippen LogP contribution in [-0.2, 0) is 34.4 Å². The Morgan fingerprint density at radius 3 is 0.308 bits per heavy atom. The molecule has 13 heavy (non-hydrogen) atoms. The molecule has 0 rings (SSSR count). The first kappa shape index (κ1) is 607. The molecule has 0 saturated heterocycles. The van der Waals surface area contributed by atoms with Gasteiger partial charge in [0.15, 0.2) is 0 Å². The Hall–Kier alpha value is 2.26. The molecule has 0 fully saturated rings. The van der Waals surface area contributed by atoms with E-state index in [9.17, 15) is 0 Å². The van der Waals surface area contributed by atoms with E-state index in [2.05, 4.69) is 0 Å². The minimum absolute atomic E-state index is 0. The van der Waals surface area contributed by atoms with Crippen molar-refractivity contribution in [2.75, 3.05) is 0 Å². The molecule has 0 aliphatic carbocycles. The Bertz CT molecular complexity index is 21.0. The summed E-state index contributed by atoms with van der Waals surface area (Å²) in [5.41, 5.74) is 0. The van der Waals surface area contributed by atoms with Crippen LogP contribution >= 0.6 is 0 Å². The van der Waals surface area contributed by atoms with Gasteiger partial charge in [-0.05, 0) is 0 Å². The molecule has 6 nitrogen and oxygen atoms in total. The molecule has 0 bridgehead atoms. The van der Waals surface area contributed by atoms with Gasteiger partial charge < -0.3 is 94.9 Å². The third-order valence-electron chi connectivity index (χ3n) is 0. The molecule has 0 unspecified atom stereocenters. The molecule has 0 aliphatic rings. The standard InChI is InChI=1S/5ClH.Cr.Cu.6H2O/h5*1H;;;6*1H2/q;;;;;+3;+2;;;;;;/p-5. The van der Waals surface area contributed by atoms with Gasteiger partial charge in [-0.15, -0.1) is 0 Å². The SMILES string of the molecule is O.O.O.O.O.O.[Cl-].[Cl-].[Cl-].[Cl-].[Cl-].[Cr+3].[Cu+2]. The van der Waals surface area contributed by atoms with Gasteiger partial charge in [0.05, 0.1) is 0 Å². The molecule has 0 saturated carbocycles. The average Bonchev–Trinajstić information content (AvgIpc) is 0. The van der Waals surface area contributed by atoms with Gasteiger partial charge in [0.2, 0.25) is 0 Å². The molecule has 0 heterocycles. The van der Waals surface area contributed by atoms with Gasteiger partial charge in [0.1, 0.15) is 0 Å². The zero-order chi connectivity index (χ0) is 0. The topological polar surface area (TPSA) is 189 Å². The summed E-state index contributed by atoms with van der Waals surface area (Å²) in [6.45, 7) is 0. The molecular formula is H12Cl5CrCuO6. The fourth-order valence-corrected chi connectivity index (χ4v) is 0. The van der Waals surface area contributed by atoms with Gasteiger partial charge in [0.25, 0.3) is 0 Å². The fourth-order valence-electron chi connectivity index (χ4n) is 0. The number of halogens is 5. The van der Waals surface area contributed by atoms with E-state index in [1.54, 1.807) is 0 Å². The Labute approximate surface area is 128 Å². The molecule has 0 spiro atoms. The first-order valence-electron chi connectivity index (χ1n) is 0. The second kappa shape index (κ2) is 490. The van der Waals surface area contributed by atoms with Crippen molar-refractivity contribution in [3.05, 3.63) is 0 Å². The predicted octanol–water partition coefficient (Wildman–Crippen LogP) is -19.9. The molecule has 0 aromatic rings. The van der Waals surface area contributed by atoms with Crippen LogP contribution in [0.5, 0.6) is 0 Å². The quantitative estimate of drug-likeness (QED) is 0.349. The second-order valence-electron chi connectivity index (χ2n) is 0. The smallest absolute Gasteiger partial charge is 1.00 e. The zero-order valence-corrected chi connectivity index (χ0v) is 11.6. The maximum Gasteiger partial charge on any atom is 3.00 e. The van der Waals surface area contributed by atoms with Crippen LogP contribution in [0.3, 0.4) is 0 Å². The second-order valence-corrected chi connectivity index (χ2v) is 0. The molecule has 0 atom stereocenters. The Morgan fingerprint density at radius 2 is 0.308 bits per heavy atom. The van der Waals surface area contributed by atoms with Gasteiger partial charge in [-0.25, -0.2) is 0 Å². The predicted molar refractivity (Wildman–Crippen MR) is 21.7 cm³/mol. The van der Waals surface area contributed by atoms with E-state index in [1.165, 1.54) is 0 Å². The summed E-state index contributed by atoms with van der Waals surface area (Å²) in [7, 11) is 0. The van der Waals surface area contributed by atoms with Crippen molar-refractivity contribution in [3.63, 3.8) is 0 Å². The first-order chi connectivity index (χ1) is 0. The fraction of sp³-hybridized carbons (Fsp3) is 0. The van der Waals surface area contributed by atoms with Crippen molar-refractivity contribution < 1.29 is 129 Å². The number of rotatable bonds is 0. The van der Waals surface area contributed by atoms with E-state index < -0.39 is 0 Å². The summed E-state index contributed by atoms with van der Waals surface area (Å²) < 4.78 is 0. The van der Waals surface area contributed by atoms with Crippen LogP contribution in [0, 0.1) is 0 Å². The Kier molecular flexibility index (Phi) is 22900. The van der Waals surface area contributed by atoms with E-state index in [0.29, 0.717) is 0 Å². The minimum atomic E-state index is 0. The summed E-state index contributed by atoms with van der Waals surface area (Å²) >= 11 is 0. The van der Waals surface area contributed by atoms with Crippen molar-refractivity contribution in [2.45, 2.75) is 0 Å². The van der Waals surface area contributed by atoms with Crippen LogP contribution < -0.4 is 62.0 Å². The third kappa shape index (κ3) is 419. The van der Waals surface area contributed by atoms with Crippen LogP contribution in [0.15, 0.2) is 0 Å². The minimum Gasteiger partial charge on any atom is -1.00 e. The van der Waals surface area contributed by atoms with Crippen LogP contribution in [0.1, 0.15) is 0 Å². The van der Waals surface area contributed by atoms with Gasteiger partial charge in [-0.3, -0.25) is 0 Å². The zero-order valence-electron chi connectivity index (χ0n) is 5.60. The van der Waals surface area contributed by atoms with Gasteiger partial charge in [0, 0.05) is 0 Å². The third-order valence-corrected chi connectivity index (χ3v) is 0. The molecule has 12 N–H and O–H groups in total. The number of hydrogen-bond acceptors (Lipinski definition) is 0. The van der Waals surface area contributed by atoms with E-state index in [1.807, 2.05) is 0 Å². The molecule has 0 amide bonds. The molecule has 100 valence electrons. The van der Waals surface area contributed by atoms with Crippen molar-refractivity contribution in [1.82, 2.24) is 0 Å². The summed E-state index contributed by atoms with van der Waals surface area (Å²) in [4.78, 5) is 0. The summed E-state index contributed by atoms with van der Waals surface area (Å²) in [6, 6.07) is 0. The van der Waals surface area contributed by atoms with Gasteiger partial charge in [-0.1, -0.05) is 0 Å². The largest absolute Gasteiger partial charge is 3.00 e. The molecule has 2 radical (unpaired) electrons. The monoisotopic (exact) mass is 398 g/mol. The van der Waals surface area contributed by atoms with E-state index in [-0.39, 0.29) is 129 Å². The van der Waals surface area contributed by atoms with Gasteiger partial charge in [-0.2, -0.15) is 0 Å². The van der Waals surface area contributed by atoms with Crippen LogP contribution in [0.25, 0.3) is 0 Å². The van der Waals surface area contributed by atoms with Crippen molar-refractivity contribution in [1.29, 1.82) is 0 Å². The molecule has 0 aromatic carbocycles. The van der Waals surface area contributed by atoms with Gasteiger partial charge >= 0.3 is 34.4 Å². The molecule has 0 aromatic heterocycles. The van der Waals surface area contributed by atoms with Crippen molar-refractivity contribution >= 4 is 0 Å². The maximum atomic E-state index is 0. The van der Waals surface area contributed by atoms with E-state index in [4.69, 9.17) is 0 Å². The first-order valence-corrected chi connectivity index (χ1v) is 0. The van der Waals surface area contributed by atoms with E-state index in [0.717, 1.165) is 0 Å². The maximum absolute atomic E-state index is 0. The van der Waals surface area contributed by atoms with Crippen LogP contribution in [-0.4, -0.2) is 32.9 Å².